The first-order chi connectivity index (χ1) is 15.1. The SMILES string of the molecule is Cc1ccc(Sc2nc3ccccn3c(=O)c2C=NNC(=S)Nc2ccccc2)cc1. The number of benzene rings is 2. The van der Waals surface area contributed by atoms with Crippen LogP contribution in [0.3, 0.4) is 0 Å². The second-order valence-electron chi connectivity index (χ2n) is 6.67. The molecule has 0 bridgehead atoms. The minimum absolute atomic E-state index is 0.201. The summed E-state index contributed by atoms with van der Waals surface area (Å²) in [6.45, 7) is 2.03. The highest BCUT2D eigenvalue weighted by Crippen LogP contribution is 2.27. The normalized spacial score (nSPS) is 11.0. The van der Waals surface area contributed by atoms with Gasteiger partial charge in [0, 0.05) is 16.8 Å². The Morgan fingerprint density at radius 2 is 1.81 bits per heavy atom. The molecule has 154 valence electrons. The van der Waals surface area contributed by atoms with Gasteiger partial charge in [0.2, 0.25) is 0 Å². The fourth-order valence-electron chi connectivity index (χ4n) is 2.82. The van der Waals surface area contributed by atoms with Crippen LogP contribution < -0.4 is 16.3 Å². The minimum atomic E-state index is -0.201. The molecule has 2 heterocycles. The van der Waals surface area contributed by atoms with E-state index in [2.05, 4.69) is 20.8 Å². The van der Waals surface area contributed by atoms with E-state index in [1.54, 1.807) is 18.3 Å². The van der Waals surface area contributed by atoms with Gasteiger partial charge in [-0.05, 0) is 55.5 Å². The second-order valence-corrected chi connectivity index (χ2v) is 8.14. The standard InChI is InChI=1S/C23H19N5OS2/c1-16-10-12-18(13-11-16)31-21-19(22(29)28-14-6-5-9-20(28)26-21)15-24-27-23(30)25-17-7-3-2-4-8-17/h2-15H,1H3,(H2,25,27,30). The summed E-state index contributed by atoms with van der Waals surface area (Å²) in [6.07, 6.45) is 3.15. The van der Waals surface area contributed by atoms with E-state index in [1.165, 1.54) is 27.9 Å². The van der Waals surface area contributed by atoms with Crippen LogP contribution in [0.2, 0.25) is 0 Å². The van der Waals surface area contributed by atoms with E-state index in [0.29, 0.717) is 21.3 Å². The van der Waals surface area contributed by atoms with E-state index < -0.39 is 0 Å². The number of anilines is 1. The summed E-state index contributed by atoms with van der Waals surface area (Å²) in [7, 11) is 0. The Labute approximate surface area is 189 Å². The second kappa shape index (κ2) is 9.55. The van der Waals surface area contributed by atoms with Gasteiger partial charge < -0.3 is 5.32 Å². The van der Waals surface area contributed by atoms with Crippen LogP contribution in [-0.4, -0.2) is 20.7 Å². The van der Waals surface area contributed by atoms with Gasteiger partial charge in [-0.25, -0.2) is 4.98 Å². The van der Waals surface area contributed by atoms with Crippen molar-refractivity contribution in [1.29, 1.82) is 0 Å². The van der Waals surface area contributed by atoms with Crippen LogP contribution in [0.15, 0.2) is 98.8 Å². The molecule has 0 radical (unpaired) electrons. The third-order valence-corrected chi connectivity index (χ3v) is 5.57. The van der Waals surface area contributed by atoms with Crippen LogP contribution in [0, 0.1) is 6.92 Å². The molecule has 0 unspecified atom stereocenters. The number of pyridine rings is 1. The molecule has 0 aliphatic carbocycles. The average Bonchev–Trinajstić information content (AvgIpc) is 2.78. The zero-order chi connectivity index (χ0) is 21.6. The molecule has 8 heteroatoms. The number of hydrazone groups is 1. The topological polar surface area (TPSA) is 70.8 Å². The van der Waals surface area contributed by atoms with Gasteiger partial charge in [0.05, 0.1) is 11.8 Å². The van der Waals surface area contributed by atoms with E-state index >= 15 is 0 Å². The molecule has 4 aromatic rings. The van der Waals surface area contributed by atoms with Gasteiger partial charge in [-0.15, -0.1) is 0 Å². The van der Waals surface area contributed by atoms with E-state index in [-0.39, 0.29) is 5.56 Å². The summed E-state index contributed by atoms with van der Waals surface area (Å²) >= 11 is 6.69. The highest BCUT2D eigenvalue weighted by molar-refractivity contribution is 7.99. The molecule has 0 saturated carbocycles. The Kier molecular flexibility index (Phi) is 6.40. The molecule has 0 fully saturated rings. The molecule has 0 amide bonds. The largest absolute Gasteiger partial charge is 0.331 e. The van der Waals surface area contributed by atoms with Crippen molar-refractivity contribution in [2.75, 3.05) is 5.32 Å². The number of nitrogens with one attached hydrogen (secondary N) is 2. The van der Waals surface area contributed by atoms with Crippen molar-refractivity contribution in [2.45, 2.75) is 16.8 Å². The predicted molar refractivity (Wildman–Crippen MR) is 130 cm³/mol. The van der Waals surface area contributed by atoms with Gasteiger partial charge in [-0.3, -0.25) is 14.6 Å². The van der Waals surface area contributed by atoms with Gasteiger partial charge >= 0.3 is 0 Å². The summed E-state index contributed by atoms with van der Waals surface area (Å²) in [5.74, 6) is 0. The number of hydrogen-bond donors (Lipinski definition) is 2. The minimum Gasteiger partial charge on any atom is -0.331 e. The number of thiocarbonyl (C=S) groups is 1. The van der Waals surface area contributed by atoms with Crippen molar-refractivity contribution >= 4 is 46.6 Å². The van der Waals surface area contributed by atoms with Crippen molar-refractivity contribution in [3.05, 3.63) is 100 Å². The summed E-state index contributed by atoms with van der Waals surface area (Å²) in [4.78, 5) is 18.8. The summed E-state index contributed by atoms with van der Waals surface area (Å²) in [5.41, 5.74) is 5.53. The van der Waals surface area contributed by atoms with Crippen molar-refractivity contribution in [3.63, 3.8) is 0 Å². The fraction of sp³-hybridized carbons (Fsp3) is 0.0435. The van der Waals surface area contributed by atoms with E-state index in [1.807, 2.05) is 67.6 Å². The van der Waals surface area contributed by atoms with Crippen LogP contribution >= 0.6 is 24.0 Å². The first-order valence-electron chi connectivity index (χ1n) is 9.51. The lowest BCUT2D eigenvalue weighted by Crippen LogP contribution is -2.25. The van der Waals surface area contributed by atoms with Crippen molar-refractivity contribution in [2.24, 2.45) is 5.10 Å². The quantitative estimate of drug-likeness (QED) is 0.204. The van der Waals surface area contributed by atoms with Crippen LogP contribution in [0.5, 0.6) is 0 Å². The molecule has 0 saturated heterocycles. The number of fused-ring (bicyclic) bond motifs is 1. The number of hydrogen-bond acceptors (Lipinski definition) is 5. The lowest BCUT2D eigenvalue weighted by Gasteiger charge is -2.09. The predicted octanol–water partition coefficient (Wildman–Crippen LogP) is 4.47. The molecule has 2 aromatic carbocycles. The maximum absolute atomic E-state index is 13.1. The fourth-order valence-corrected chi connectivity index (χ4v) is 3.88. The van der Waals surface area contributed by atoms with Crippen LogP contribution in [0.25, 0.3) is 5.65 Å². The monoisotopic (exact) mass is 445 g/mol. The van der Waals surface area contributed by atoms with E-state index in [4.69, 9.17) is 12.2 Å². The molecular weight excluding hydrogens is 426 g/mol. The van der Waals surface area contributed by atoms with Gasteiger partial charge in [-0.1, -0.05) is 53.7 Å². The Balaban J connectivity index is 1.62. The lowest BCUT2D eigenvalue weighted by atomic mass is 10.2. The molecule has 0 atom stereocenters. The van der Waals surface area contributed by atoms with Gasteiger partial charge in [0.1, 0.15) is 10.7 Å². The molecule has 6 nitrogen and oxygen atoms in total. The van der Waals surface area contributed by atoms with Gasteiger partial charge in [0.15, 0.2) is 5.11 Å². The van der Waals surface area contributed by atoms with Crippen LogP contribution in [-0.2, 0) is 0 Å². The maximum atomic E-state index is 13.1. The maximum Gasteiger partial charge on any atom is 0.267 e. The van der Waals surface area contributed by atoms with Gasteiger partial charge in [0.25, 0.3) is 5.56 Å². The molecule has 2 N–H and O–H groups in total. The molecule has 0 aliphatic rings. The van der Waals surface area contributed by atoms with Crippen molar-refractivity contribution in [1.82, 2.24) is 14.8 Å². The van der Waals surface area contributed by atoms with Crippen molar-refractivity contribution < 1.29 is 0 Å². The Hall–Kier alpha value is -3.49. The first kappa shape index (κ1) is 20.8. The summed E-state index contributed by atoms with van der Waals surface area (Å²) < 4.78 is 1.50. The zero-order valence-corrected chi connectivity index (χ0v) is 18.3. The number of aromatic nitrogens is 2. The number of nitrogens with zero attached hydrogens (tertiary/aromatic N) is 3. The number of para-hydroxylation sites is 1. The molecule has 31 heavy (non-hydrogen) atoms. The molecule has 0 spiro atoms. The average molecular weight is 446 g/mol. The highest BCUT2D eigenvalue weighted by atomic mass is 32.2. The third kappa shape index (κ3) is 5.17. The zero-order valence-electron chi connectivity index (χ0n) is 16.6. The molecule has 0 aliphatic heterocycles. The Morgan fingerprint density at radius 1 is 1.06 bits per heavy atom. The number of aryl methyl sites for hydroxylation is 1. The molecule has 2 aromatic heterocycles. The van der Waals surface area contributed by atoms with Gasteiger partial charge in [-0.2, -0.15) is 5.10 Å². The van der Waals surface area contributed by atoms with Crippen molar-refractivity contribution in [3.8, 4) is 0 Å². The highest BCUT2D eigenvalue weighted by Gasteiger charge is 2.13. The van der Waals surface area contributed by atoms with E-state index in [0.717, 1.165) is 10.6 Å². The lowest BCUT2D eigenvalue weighted by molar-refractivity contribution is 0.970. The van der Waals surface area contributed by atoms with Crippen LogP contribution in [0.4, 0.5) is 5.69 Å². The number of rotatable bonds is 5. The smallest absolute Gasteiger partial charge is 0.267 e. The summed E-state index contributed by atoms with van der Waals surface area (Å²) in [5, 5.41) is 8.11. The molecular formula is C23H19N5OS2. The van der Waals surface area contributed by atoms with Crippen LogP contribution in [0.1, 0.15) is 11.1 Å². The van der Waals surface area contributed by atoms with E-state index in [9.17, 15) is 4.79 Å². The third-order valence-electron chi connectivity index (χ3n) is 4.36. The molecule has 4 rings (SSSR count). The summed E-state index contributed by atoms with van der Waals surface area (Å²) in [6, 6.07) is 23.0. The Morgan fingerprint density at radius 3 is 2.58 bits per heavy atom. The first-order valence-corrected chi connectivity index (χ1v) is 10.7. The Bertz CT molecular complexity index is 1300.